The second-order valence-electron chi connectivity index (χ2n) is 12.6. The van der Waals surface area contributed by atoms with E-state index in [-0.39, 0.29) is 21.6 Å². The number of aliphatic hydroxyl groups is 1. The number of aliphatic hydroxyl groups excluding tert-OH is 1. The number of thioether (sulfide) groups is 3. The number of hydrogen-bond acceptors (Lipinski definition) is 12. The highest BCUT2D eigenvalue weighted by Gasteiger charge is 2.24. The minimum Gasteiger partial charge on any atom is -0.395 e. The maximum Gasteiger partial charge on any atom is 0.254 e. The maximum absolute atomic E-state index is 13.9. The van der Waals surface area contributed by atoms with Crippen molar-refractivity contribution >= 4 is 88.3 Å². The van der Waals surface area contributed by atoms with Crippen molar-refractivity contribution in [3.05, 3.63) is 72.8 Å². The van der Waals surface area contributed by atoms with Crippen LogP contribution in [0.1, 0.15) is 0 Å². The third-order valence-electron chi connectivity index (χ3n) is 8.50. The average molecular weight is 793 g/mol. The summed E-state index contributed by atoms with van der Waals surface area (Å²) >= 11 is 4.91. The number of benzene rings is 4. The summed E-state index contributed by atoms with van der Waals surface area (Å²) in [5.41, 5.74) is 1.88. The second-order valence-corrected chi connectivity index (χ2v) is 19.6. The normalized spacial score (nSPS) is 18.3. The van der Waals surface area contributed by atoms with E-state index in [1.165, 1.54) is 0 Å². The number of hydrazine groups is 2. The van der Waals surface area contributed by atoms with Crippen molar-refractivity contribution in [2.45, 2.75) is 15.0 Å². The van der Waals surface area contributed by atoms with Gasteiger partial charge in [-0.3, -0.25) is 0 Å². The van der Waals surface area contributed by atoms with Crippen molar-refractivity contribution in [2.75, 3.05) is 99.5 Å². The monoisotopic (exact) mass is 792 g/mol. The molecule has 4 aromatic carbocycles. The molecule has 1 aliphatic rings. The van der Waals surface area contributed by atoms with Crippen LogP contribution in [0, 0.1) is 0 Å². The first-order valence-electron chi connectivity index (χ1n) is 16.7. The van der Waals surface area contributed by atoms with Gasteiger partial charge in [-0.2, -0.15) is 35.3 Å². The molecule has 5 rings (SSSR count). The van der Waals surface area contributed by atoms with Crippen molar-refractivity contribution in [3.63, 3.8) is 0 Å². The lowest BCUT2D eigenvalue weighted by atomic mass is 10.1. The molecule has 11 nitrogen and oxygen atoms in total. The Labute approximate surface area is 315 Å². The zero-order valence-corrected chi connectivity index (χ0v) is 33.6. The van der Waals surface area contributed by atoms with Gasteiger partial charge in [0, 0.05) is 121 Å². The average Bonchev–Trinajstić information content (AvgIpc) is 3.10. The van der Waals surface area contributed by atoms with E-state index in [1.54, 1.807) is 69.6 Å². The molecule has 51 heavy (non-hydrogen) atoms. The van der Waals surface area contributed by atoms with Crippen LogP contribution in [0.4, 0.5) is 11.4 Å². The van der Waals surface area contributed by atoms with E-state index in [4.69, 9.17) is 0 Å². The topological polar surface area (TPSA) is 126 Å². The minimum absolute atomic E-state index is 0.00415. The lowest BCUT2D eigenvalue weighted by Gasteiger charge is -2.25. The molecule has 1 saturated heterocycles. The second kappa shape index (κ2) is 18.2. The zero-order valence-electron chi connectivity index (χ0n) is 29.5. The highest BCUT2D eigenvalue weighted by Crippen LogP contribution is 2.32. The smallest absolute Gasteiger partial charge is 0.254 e. The van der Waals surface area contributed by atoms with Gasteiger partial charge in [-0.15, -0.1) is 9.66 Å². The summed E-state index contributed by atoms with van der Waals surface area (Å²) < 4.78 is 55.4. The lowest BCUT2D eigenvalue weighted by Crippen LogP contribution is -2.45. The Balaban J connectivity index is 1.30. The predicted octanol–water partition coefficient (Wildman–Crippen LogP) is 4.39. The first kappa shape index (κ1) is 39.9. The summed E-state index contributed by atoms with van der Waals surface area (Å²) in [4.78, 5) is 10.1. The SMILES string of the molecule is CN(C)c1cccc2c(S(=O)(=O)NN3CCSCCN(NS(=O)(=O)c4cccc5c(N(C)C)cccc45)CCSC(CO)CSCC3)cccc12. The fraction of sp³-hybridized carbons (Fsp3) is 0.429. The van der Waals surface area contributed by atoms with E-state index in [2.05, 4.69) is 9.66 Å². The minimum atomic E-state index is -3.91. The first-order chi connectivity index (χ1) is 24.4. The highest BCUT2D eigenvalue weighted by molar-refractivity contribution is 8.03. The lowest BCUT2D eigenvalue weighted by molar-refractivity contribution is 0.270. The highest BCUT2D eigenvalue weighted by atomic mass is 32.2. The van der Waals surface area contributed by atoms with Gasteiger partial charge in [-0.1, -0.05) is 48.5 Å². The van der Waals surface area contributed by atoms with E-state index in [9.17, 15) is 21.9 Å². The van der Waals surface area contributed by atoms with E-state index < -0.39 is 20.0 Å². The molecule has 4 aromatic rings. The van der Waals surface area contributed by atoms with Crippen LogP contribution < -0.4 is 19.5 Å². The molecular weight excluding hydrogens is 745 g/mol. The Bertz CT molecular complexity index is 2000. The van der Waals surface area contributed by atoms with Gasteiger partial charge in [0.15, 0.2) is 0 Å². The zero-order chi connectivity index (χ0) is 36.6. The van der Waals surface area contributed by atoms with Crippen molar-refractivity contribution in [1.82, 2.24) is 19.7 Å². The van der Waals surface area contributed by atoms with Gasteiger partial charge in [0.25, 0.3) is 20.0 Å². The van der Waals surface area contributed by atoms with Gasteiger partial charge in [0.05, 0.1) is 16.4 Å². The molecule has 0 aromatic heterocycles. The van der Waals surface area contributed by atoms with Crippen molar-refractivity contribution < 1.29 is 21.9 Å². The maximum atomic E-state index is 13.9. The van der Waals surface area contributed by atoms with Gasteiger partial charge in [0.2, 0.25) is 0 Å². The molecule has 1 unspecified atom stereocenters. The Morgan fingerprint density at radius 3 is 1.49 bits per heavy atom. The molecule has 0 radical (unpaired) electrons. The molecule has 1 fully saturated rings. The van der Waals surface area contributed by atoms with E-state index in [0.29, 0.717) is 65.7 Å². The number of anilines is 2. The summed E-state index contributed by atoms with van der Waals surface area (Å²) in [6.07, 6.45) is 0. The Morgan fingerprint density at radius 2 is 1.04 bits per heavy atom. The number of fused-ring (bicyclic) bond motifs is 2. The number of hydrogen-bond donors (Lipinski definition) is 3. The molecule has 0 amide bonds. The quantitative estimate of drug-likeness (QED) is 0.223. The summed E-state index contributed by atoms with van der Waals surface area (Å²) in [7, 11) is -0.0703. The standard InChI is InChI=1S/C35H48N6O5S5/c1-38(2)32-13-5-11-30-28(32)9-7-15-34(30)50(43,44)36-40-17-21-47-22-18-41(20-24-49-27(25-42)26-48-23-19-40)37-51(45,46)35-16-8-10-29-31(35)12-6-14-33(29)39(3)4/h5-16,27,36-37,42H,17-26H2,1-4H3. The molecule has 1 atom stereocenters. The largest absolute Gasteiger partial charge is 0.395 e. The Hall–Kier alpha value is -2.25. The van der Waals surface area contributed by atoms with E-state index in [0.717, 1.165) is 22.1 Å². The third kappa shape index (κ3) is 10.2. The number of nitrogens with one attached hydrogen (secondary N) is 2. The Kier molecular flexibility index (Phi) is 14.2. The van der Waals surface area contributed by atoms with Gasteiger partial charge < -0.3 is 14.9 Å². The fourth-order valence-corrected chi connectivity index (χ4v) is 11.9. The molecule has 278 valence electrons. The molecular formula is C35H48N6O5S5. The van der Waals surface area contributed by atoms with Crippen LogP contribution in [0.5, 0.6) is 0 Å². The van der Waals surface area contributed by atoms with Gasteiger partial charge >= 0.3 is 0 Å². The van der Waals surface area contributed by atoms with E-state index in [1.807, 2.05) is 86.5 Å². The van der Waals surface area contributed by atoms with Crippen LogP contribution in [-0.2, 0) is 20.0 Å². The summed E-state index contributed by atoms with van der Waals surface area (Å²) in [6.45, 7) is 1.87. The number of rotatable bonds is 9. The van der Waals surface area contributed by atoms with Crippen molar-refractivity contribution in [2.24, 2.45) is 0 Å². The first-order valence-corrected chi connectivity index (χ1v) is 23.0. The Morgan fingerprint density at radius 1 is 0.627 bits per heavy atom. The number of sulfonamides is 2. The van der Waals surface area contributed by atoms with Crippen LogP contribution in [0.15, 0.2) is 82.6 Å². The van der Waals surface area contributed by atoms with Crippen LogP contribution in [0.3, 0.4) is 0 Å². The van der Waals surface area contributed by atoms with Crippen molar-refractivity contribution in [3.8, 4) is 0 Å². The van der Waals surface area contributed by atoms with Crippen molar-refractivity contribution in [1.29, 1.82) is 0 Å². The molecule has 0 bridgehead atoms. The van der Waals surface area contributed by atoms with Gasteiger partial charge in [-0.05, 0) is 24.3 Å². The molecule has 0 saturated carbocycles. The van der Waals surface area contributed by atoms with Crippen LogP contribution >= 0.6 is 35.3 Å². The molecule has 1 aliphatic heterocycles. The summed E-state index contributed by atoms with van der Waals surface area (Å²) in [6, 6.07) is 22.0. The van der Waals surface area contributed by atoms with Gasteiger partial charge in [0.1, 0.15) is 0 Å². The fourth-order valence-electron chi connectivity index (χ4n) is 5.95. The van der Waals surface area contributed by atoms with Crippen LogP contribution in [0.25, 0.3) is 21.5 Å². The molecule has 3 N–H and O–H groups in total. The number of nitrogens with zero attached hydrogens (tertiary/aromatic N) is 4. The molecule has 1 heterocycles. The predicted molar refractivity (Wildman–Crippen MR) is 218 cm³/mol. The molecule has 0 aliphatic carbocycles. The van der Waals surface area contributed by atoms with Crippen LogP contribution in [-0.4, -0.2) is 127 Å². The summed E-state index contributed by atoms with van der Waals surface area (Å²) in [5, 5.41) is 16.6. The van der Waals surface area contributed by atoms with E-state index >= 15 is 0 Å². The van der Waals surface area contributed by atoms with Crippen LogP contribution in [0.2, 0.25) is 0 Å². The van der Waals surface area contributed by atoms with Gasteiger partial charge in [-0.25, -0.2) is 26.9 Å². The molecule has 0 spiro atoms. The third-order valence-corrected chi connectivity index (χ3v) is 14.8. The summed E-state index contributed by atoms with van der Waals surface area (Å²) in [5.74, 6) is 3.26. The molecule has 16 heteroatoms.